The summed E-state index contributed by atoms with van der Waals surface area (Å²) >= 11 is 0. The molecule has 1 unspecified atom stereocenters. The molecule has 0 aromatic rings. The third-order valence-corrected chi connectivity index (χ3v) is 6.33. The van der Waals surface area contributed by atoms with Crippen LogP contribution in [-0.2, 0) is 0 Å². The molecular formula is C29H42N2. The highest BCUT2D eigenvalue weighted by atomic mass is 15.1. The van der Waals surface area contributed by atoms with Crippen molar-refractivity contribution in [3.05, 3.63) is 94.9 Å². The fourth-order valence-electron chi connectivity index (χ4n) is 4.52. The zero-order valence-electron chi connectivity index (χ0n) is 20.8. The molecule has 1 heterocycles. The van der Waals surface area contributed by atoms with Crippen LogP contribution in [0.15, 0.2) is 94.9 Å². The van der Waals surface area contributed by atoms with Gasteiger partial charge in [0.25, 0.3) is 0 Å². The Labute approximate surface area is 191 Å². The van der Waals surface area contributed by atoms with Crippen LogP contribution in [0.25, 0.3) is 0 Å². The Morgan fingerprint density at radius 2 is 1.94 bits per heavy atom. The molecule has 0 bridgehead atoms. The summed E-state index contributed by atoms with van der Waals surface area (Å²) in [5.41, 5.74) is 8.32. The Kier molecular flexibility index (Phi) is 9.43. The monoisotopic (exact) mass is 418 g/mol. The Balaban J connectivity index is 2.51. The molecule has 1 aliphatic heterocycles. The molecule has 0 aromatic carbocycles. The van der Waals surface area contributed by atoms with Crippen LogP contribution in [0.5, 0.6) is 0 Å². The lowest BCUT2D eigenvalue weighted by atomic mass is 9.85. The topological polar surface area (TPSA) is 6.48 Å². The first kappa shape index (κ1) is 24.8. The van der Waals surface area contributed by atoms with E-state index < -0.39 is 0 Å². The maximum absolute atomic E-state index is 4.25. The summed E-state index contributed by atoms with van der Waals surface area (Å²) in [5, 5.41) is 0. The summed E-state index contributed by atoms with van der Waals surface area (Å²) in [7, 11) is 4.34. The van der Waals surface area contributed by atoms with Crippen molar-refractivity contribution in [3.63, 3.8) is 0 Å². The van der Waals surface area contributed by atoms with Crippen molar-refractivity contribution in [1.82, 2.24) is 9.80 Å². The van der Waals surface area contributed by atoms with Gasteiger partial charge in [-0.25, -0.2) is 0 Å². The maximum Gasteiger partial charge on any atom is 0.0393 e. The van der Waals surface area contributed by atoms with Gasteiger partial charge in [0, 0.05) is 44.5 Å². The molecule has 0 amide bonds. The first-order chi connectivity index (χ1) is 14.8. The smallest absolute Gasteiger partial charge is 0.0393 e. The molecule has 0 radical (unpaired) electrons. The van der Waals surface area contributed by atoms with E-state index in [1.807, 2.05) is 0 Å². The van der Waals surface area contributed by atoms with Crippen LogP contribution < -0.4 is 0 Å². The average Bonchev–Trinajstić information content (AvgIpc) is 3.42. The van der Waals surface area contributed by atoms with Gasteiger partial charge < -0.3 is 9.80 Å². The Bertz CT molecular complexity index is 845. The number of nitrogens with zero attached hydrogens (tertiary/aromatic N) is 2. The highest BCUT2D eigenvalue weighted by molar-refractivity contribution is 5.50. The van der Waals surface area contributed by atoms with Crippen LogP contribution in [0.4, 0.5) is 0 Å². The predicted molar refractivity (Wildman–Crippen MR) is 138 cm³/mol. The molecular weight excluding hydrogens is 376 g/mol. The van der Waals surface area contributed by atoms with E-state index in [9.17, 15) is 0 Å². The fourth-order valence-corrected chi connectivity index (χ4v) is 4.52. The molecule has 168 valence electrons. The molecule has 2 nitrogen and oxygen atoms in total. The molecule has 0 spiro atoms. The van der Waals surface area contributed by atoms with Crippen LogP contribution in [0.3, 0.4) is 0 Å². The first-order valence-corrected chi connectivity index (χ1v) is 11.7. The highest BCUT2D eigenvalue weighted by Crippen LogP contribution is 2.38. The second-order valence-corrected chi connectivity index (χ2v) is 8.89. The highest BCUT2D eigenvalue weighted by Gasteiger charge is 2.26. The first-order valence-electron chi connectivity index (χ1n) is 11.7. The normalized spacial score (nSPS) is 20.5. The second kappa shape index (κ2) is 11.8. The summed E-state index contributed by atoms with van der Waals surface area (Å²) in [6.07, 6.45) is 22.0. The summed E-state index contributed by atoms with van der Waals surface area (Å²) in [5.74, 6) is 0.807. The zero-order chi connectivity index (χ0) is 23.0. The van der Waals surface area contributed by atoms with Crippen molar-refractivity contribution in [2.75, 3.05) is 27.2 Å². The lowest BCUT2D eigenvalue weighted by Gasteiger charge is -2.31. The molecule has 31 heavy (non-hydrogen) atoms. The lowest BCUT2D eigenvalue weighted by molar-refractivity contribution is 0.435. The van der Waals surface area contributed by atoms with Gasteiger partial charge >= 0.3 is 0 Å². The van der Waals surface area contributed by atoms with Crippen molar-refractivity contribution >= 4 is 0 Å². The maximum atomic E-state index is 4.25. The van der Waals surface area contributed by atoms with Crippen molar-refractivity contribution < 1.29 is 0 Å². The Morgan fingerprint density at radius 1 is 1.26 bits per heavy atom. The molecule has 0 saturated heterocycles. The molecule has 0 saturated carbocycles. The molecule has 2 aliphatic rings. The van der Waals surface area contributed by atoms with E-state index in [2.05, 4.69) is 120 Å². The van der Waals surface area contributed by atoms with Gasteiger partial charge in [0.1, 0.15) is 0 Å². The van der Waals surface area contributed by atoms with Gasteiger partial charge in [-0.15, -0.1) is 0 Å². The van der Waals surface area contributed by atoms with Crippen molar-refractivity contribution in [2.45, 2.75) is 47.5 Å². The molecule has 1 aliphatic carbocycles. The van der Waals surface area contributed by atoms with E-state index in [1.165, 1.54) is 33.7 Å². The molecule has 2 rings (SSSR count). The van der Waals surface area contributed by atoms with E-state index in [0.717, 1.165) is 25.9 Å². The van der Waals surface area contributed by atoms with Gasteiger partial charge in [-0.1, -0.05) is 93.2 Å². The minimum Gasteiger partial charge on any atom is -0.380 e. The quantitative estimate of drug-likeness (QED) is 0.273. The van der Waals surface area contributed by atoms with E-state index in [1.54, 1.807) is 0 Å². The van der Waals surface area contributed by atoms with Gasteiger partial charge in [0.05, 0.1) is 0 Å². The third-order valence-electron chi connectivity index (χ3n) is 6.33. The summed E-state index contributed by atoms with van der Waals surface area (Å²) < 4.78 is 0. The number of hydrogen-bond donors (Lipinski definition) is 0. The molecule has 0 aromatic heterocycles. The van der Waals surface area contributed by atoms with Gasteiger partial charge in [-0.3, -0.25) is 0 Å². The predicted octanol–water partition coefficient (Wildman–Crippen LogP) is 7.20. The molecule has 0 fully saturated rings. The standard InChI is InChI=1S/C29H42N2/c1-9-12-16-24(22(4)5)21-25-17-15-18-28(25)29(30(7)8)27(11-3)26(10-2)23(6)31-19-13-14-20-31/h9,11-18,22,28H,3,10,19-21H2,1-2,4-8H3/b12-9-,24-16-,26-23-,29-27-. The summed E-state index contributed by atoms with van der Waals surface area (Å²) in [4.78, 5) is 4.74. The largest absolute Gasteiger partial charge is 0.380 e. The van der Waals surface area contributed by atoms with E-state index in [-0.39, 0.29) is 5.92 Å². The van der Waals surface area contributed by atoms with Crippen LogP contribution >= 0.6 is 0 Å². The van der Waals surface area contributed by atoms with Crippen molar-refractivity contribution in [3.8, 4) is 0 Å². The van der Waals surface area contributed by atoms with Crippen molar-refractivity contribution in [1.29, 1.82) is 0 Å². The van der Waals surface area contributed by atoms with Gasteiger partial charge in [0.15, 0.2) is 0 Å². The number of rotatable bonds is 10. The lowest BCUT2D eigenvalue weighted by Crippen LogP contribution is -2.24. The summed E-state index contributed by atoms with van der Waals surface area (Å²) in [6, 6.07) is 0. The molecule has 2 heteroatoms. The van der Waals surface area contributed by atoms with Gasteiger partial charge in [-0.05, 0) is 43.8 Å². The van der Waals surface area contributed by atoms with Crippen LogP contribution in [0, 0.1) is 11.8 Å². The number of hydrogen-bond acceptors (Lipinski definition) is 2. The fraction of sp³-hybridized carbons (Fsp3) is 0.448. The van der Waals surface area contributed by atoms with Gasteiger partial charge in [0.2, 0.25) is 0 Å². The Morgan fingerprint density at radius 3 is 2.45 bits per heavy atom. The zero-order valence-corrected chi connectivity index (χ0v) is 20.8. The third kappa shape index (κ3) is 6.03. The van der Waals surface area contributed by atoms with E-state index in [4.69, 9.17) is 0 Å². The summed E-state index contributed by atoms with van der Waals surface area (Å²) in [6.45, 7) is 17.4. The van der Waals surface area contributed by atoms with Crippen molar-refractivity contribution in [2.24, 2.45) is 11.8 Å². The van der Waals surface area contributed by atoms with E-state index >= 15 is 0 Å². The Hall–Kier alpha value is -2.48. The van der Waals surface area contributed by atoms with Crippen LogP contribution in [0.2, 0.25) is 0 Å². The minimum atomic E-state index is 0.279. The average molecular weight is 419 g/mol. The van der Waals surface area contributed by atoms with Crippen LogP contribution in [-0.4, -0.2) is 37.0 Å². The van der Waals surface area contributed by atoms with E-state index in [0.29, 0.717) is 5.92 Å². The van der Waals surface area contributed by atoms with Crippen LogP contribution in [0.1, 0.15) is 47.5 Å². The SMILES string of the molecule is C=CC(/C(CC)=C(/C)N1CC=CC1)=C(\C1C=CC=C1C/C(=C/C=C\C)C(C)C)N(C)C. The number of allylic oxidation sites excluding steroid dienone is 11. The second-order valence-electron chi connectivity index (χ2n) is 8.89. The molecule has 1 atom stereocenters. The molecule has 0 N–H and O–H groups in total. The minimum absolute atomic E-state index is 0.279. The van der Waals surface area contributed by atoms with Gasteiger partial charge in [-0.2, -0.15) is 0 Å².